The van der Waals surface area contributed by atoms with E-state index in [4.69, 9.17) is 16.3 Å². The van der Waals surface area contributed by atoms with E-state index in [-0.39, 0.29) is 11.9 Å². The molecule has 0 amide bonds. The summed E-state index contributed by atoms with van der Waals surface area (Å²) in [7, 11) is 1.60. The van der Waals surface area contributed by atoms with Crippen LogP contribution in [0.2, 0.25) is 5.02 Å². The predicted octanol–water partition coefficient (Wildman–Crippen LogP) is 3.26. The Balaban J connectivity index is 2.78. The van der Waals surface area contributed by atoms with Crippen molar-refractivity contribution in [2.45, 2.75) is 26.4 Å². The van der Waals surface area contributed by atoms with E-state index in [0.717, 1.165) is 5.56 Å². The molecule has 0 fully saturated rings. The van der Waals surface area contributed by atoms with Crippen LogP contribution in [0.4, 0.5) is 0 Å². The Morgan fingerprint density at radius 1 is 1.53 bits per heavy atom. The van der Waals surface area contributed by atoms with E-state index >= 15 is 0 Å². The maximum Gasteiger partial charge on any atom is 0.165 e. The van der Waals surface area contributed by atoms with Crippen LogP contribution in [0.15, 0.2) is 18.2 Å². The van der Waals surface area contributed by atoms with Gasteiger partial charge in [0.15, 0.2) is 5.78 Å². The van der Waals surface area contributed by atoms with Crippen LogP contribution >= 0.6 is 11.6 Å². The number of halogens is 1. The van der Waals surface area contributed by atoms with Gasteiger partial charge in [0, 0.05) is 24.1 Å². The molecule has 0 aromatic heterocycles. The number of carbonyl (C=O) groups excluding carboxylic acids is 1. The number of carbonyl (C=O) groups is 1. The Morgan fingerprint density at radius 2 is 2.20 bits per heavy atom. The Morgan fingerprint density at radius 3 is 2.73 bits per heavy atom. The van der Waals surface area contributed by atoms with E-state index in [2.05, 4.69) is 0 Å². The lowest BCUT2D eigenvalue weighted by Crippen LogP contribution is -2.12. The van der Waals surface area contributed by atoms with Gasteiger partial charge in [-0.15, -0.1) is 0 Å². The van der Waals surface area contributed by atoms with Gasteiger partial charge in [0.25, 0.3) is 0 Å². The van der Waals surface area contributed by atoms with Gasteiger partial charge < -0.3 is 4.74 Å². The molecule has 1 aromatic rings. The number of hydrogen-bond donors (Lipinski definition) is 0. The second-order valence-electron chi connectivity index (χ2n) is 3.64. The summed E-state index contributed by atoms with van der Waals surface area (Å²) in [6.07, 6.45) is 0.327. The molecule has 0 heterocycles. The van der Waals surface area contributed by atoms with Crippen molar-refractivity contribution in [3.05, 3.63) is 34.3 Å². The molecule has 0 saturated heterocycles. The number of benzene rings is 1. The Kier molecular flexibility index (Phi) is 4.30. The highest BCUT2D eigenvalue weighted by Gasteiger charge is 2.11. The molecule has 0 aliphatic heterocycles. The maximum absolute atomic E-state index is 11.7. The lowest BCUT2D eigenvalue weighted by atomic mass is 10.0. The van der Waals surface area contributed by atoms with Gasteiger partial charge in [-0.2, -0.15) is 0 Å². The summed E-state index contributed by atoms with van der Waals surface area (Å²) in [4.78, 5) is 11.7. The van der Waals surface area contributed by atoms with Crippen molar-refractivity contribution in [2.75, 3.05) is 7.11 Å². The van der Waals surface area contributed by atoms with Crippen LogP contribution in [0.5, 0.6) is 0 Å². The van der Waals surface area contributed by atoms with Crippen molar-refractivity contribution in [1.29, 1.82) is 0 Å². The second-order valence-corrected chi connectivity index (χ2v) is 4.04. The standard InChI is InChI=1S/C12H15ClO2/c1-8-4-5-10(7-11(8)13)12(14)6-9(2)15-3/h4-5,7,9H,6H2,1-3H3. The van der Waals surface area contributed by atoms with Crippen molar-refractivity contribution >= 4 is 17.4 Å². The third-order valence-corrected chi connectivity index (χ3v) is 2.78. The van der Waals surface area contributed by atoms with Crippen LogP contribution in [-0.2, 0) is 4.74 Å². The molecule has 0 aliphatic rings. The molecule has 0 N–H and O–H groups in total. The van der Waals surface area contributed by atoms with Crippen LogP contribution in [-0.4, -0.2) is 19.0 Å². The van der Waals surface area contributed by atoms with E-state index in [1.807, 2.05) is 19.9 Å². The molecule has 0 spiro atoms. The SMILES string of the molecule is COC(C)CC(=O)c1ccc(C)c(Cl)c1. The largest absolute Gasteiger partial charge is 0.381 e. The van der Waals surface area contributed by atoms with Gasteiger partial charge in [-0.25, -0.2) is 0 Å². The average molecular weight is 227 g/mol. The minimum Gasteiger partial charge on any atom is -0.381 e. The zero-order valence-electron chi connectivity index (χ0n) is 9.21. The normalized spacial score (nSPS) is 12.5. The minimum absolute atomic E-state index is 0.0578. The first-order chi connectivity index (χ1) is 7.04. The van der Waals surface area contributed by atoms with Gasteiger partial charge >= 0.3 is 0 Å². The molecule has 2 nitrogen and oxygen atoms in total. The summed E-state index contributed by atoms with van der Waals surface area (Å²) in [5, 5.41) is 0.630. The summed E-state index contributed by atoms with van der Waals surface area (Å²) in [6, 6.07) is 5.36. The maximum atomic E-state index is 11.7. The Hall–Kier alpha value is -0.860. The van der Waals surface area contributed by atoms with Crippen LogP contribution in [0.3, 0.4) is 0 Å². The minimum atomic E-state index is -0.0578. The third kappa shape index (κ3) is 3.33. The summed E-state index contributed by atoms with van der Waals surface area (Å²) >= 11 is 5.94. The average Bonchev–Trinajstić information content (AvgIpc) is 2.21. The first kappa shape index (κ1) is 12.2. The smallest absolute Gasteiger partial charge is 0.165 e. The summed E-state index contributed by atoms with van der Waals surface area (Å²) in [5.41, 5.74) is 1.63. The number of Topliss-reactive ketones (excluding diaryl/α,β-unsaturated/α-hetero) is 1. The topological polar surface area (TPSA) is 26.3 Å². The molecule has 0 radical (unpaired) electrons. The molecule has 0 aliphatic carbocycles. The van der Waals surface area contributed by atoms with Gasteiger partial charge in [0.05, 0.1) is 6.10 Å². The molecule has 1 aromatic carbocycles. The lowest BCUT2D eigenvalue weighted by Gasteiger charge is -2.08. The molecule has 0 bridgehead atoms. The molecule has 15 heavy (non-hydrogen) atoms. The van der Waals surface area contributed by atoms with Crippen LogP contribution in [0.1, 0.15) is 29.3 Å². The number of aryl methyl sites for hydroxylation is 1. The molecular weight excluding hydrogens is 212 g/mol. The first-order valence-electron chi connectivity index (χ1n) is 4.86. The highest BCUT2D eigenvalue weighted by atomic mass is 35.5. The van der Waals surface area contributed by atoms with E-state index in [9.17, 15) is 4.79 Å². The summed E-state index contributed by atoms with van der Waals surface area (Å²) in [5.74, 6) is 0.0613. The molecular formula is C12H15ClO2. The lowest BCUT2D eigenvalue weighted by molar-refractivity contribution is 0.0792. The monoisotopic (exact) mass is 226 g/mol. The van der Waals surface area contributed by atoms with Crippen LogP contribution in [0, 0.1) is 6.92 Å². The highest BCUT2D eigenvalue weighted by molar-refractivity contribution is 6.31. The summed E-state index contributed by atoms with van der Waals surface area (Å²) in [6.45, 7) is 3.78. The van der Waals surface area contributed by atoms with Crippen molar-refractivity contribution < 1.29 is 9.53 Å². The van der Waals surface area contributed by atoms with Crippen molar-refractivity contribution in [3.8, 4) is 0 Å². The van der Waals surface area contributed by atoms with Crippen LogP contribution < -0.4 is 0 Å². The van der Waals surface area contributed by atoms with E-state index in [1.165, 1.54) is 0 Å². The Bertz CT molecular complexity index is 361. The second kappa shape index (κ2) is 5.29. The van der Waals surface area contributed by atoms with Gasteiger partial charge in [-0.05, 0) is 25.5 Å². The number of ketones is 1. The fourth-order valence-electron chi connectivity index (χ4n) is 1.23. The van der Waals surface area contributed by atoms with Gasteiger partial charge in [-0.3, -0.25) is 4.79 Å². The Labute approximate surface area is 95.2 Å². The molecule has 0 saturated carbocycles. The molecule has 1 unspecified atom stereocenters. The number of ether oxygens (including phenoxy) is 1. The molecule has 1 rings (SSSR count). The zero-order chi connectivity index (χ0) is 11.4. The van der Waals surface area contributed by atoms with E-state index < -0.39 is 0 Å². The fraction of sp³-hybridized carbons (Fsp3) is 0.417. The predicted molar refractivity (Wildman–Crippen MR) is 61.6 cm³/mol. The van der Waals surface area contributed by atoms with Gasteiger partial charge in [-0.1, -0.05) is 23.7 Å². The van der Waals surface area contributed by atoms with Gasteiger partial charge in [0.2, 0.25) is 0 Å². The fourth-order valence-corrected chi connectivity index (χ4v) is 1.41. The number of methoxy groups -OCH3 is 1. The third-order valence-electron chi connectivity index (χ3n) is 2.37. The molecule has 1 atom stereocenters. The van der Waals surface area contributed by atoms with Crippen molar-refractivity contribution in [1.82, 2.24) is 0 Å². The number of hydrogen-bond acceptors (Lipinski definition) is 2. The zero-order valence-corrected chi connectivity index (χ0v) is 9.97. The van der Waals surface area contributed by atoms with Crippen molar-refractivity contribution in [2.24, 2.45) is 0 Å². The molecule has 82 valence electrons. The highest BCUT2D eigenvalue weighted by Crippen LogP contribution is 2.18. The summed E-state index contributed by atoms with van der Waals surface area (Å²) < 4.78 is 5.04. The first-order valence-corrected chi connectivity index (χ1v) is 5.24. The van der Waals surface area contributed by atoms with Gasteiger partial charge in [0.1, 0.15) is 0 Å². The van der Waals surface area contributed by atoms with Crippen LogP contribution in [0.25, 0.3) is 0 Å². The van der Waals surface area contributed by atoms with E-state index in [0.29, 0.717) is 17.0 Å². The molecule has 3 heteroatoms. The quantitative estimate of drug-likeness (QED) is 0.737. The number of rotatable bonds is 4. The van der Waals surface area contributed by atoms with Crippen molar-refractivity contribution in [3.63, 3.8) is 0 Å². The van der Waals surface area contributed by atoms with E-state index in [1.54, 1.807) is 19.2 Å².